The lowest BCUT2D eigenvalue weighted by molar-refractivity contribution is -0.303. The summed E-state index contributed by atoms with van der Waals surface area (Å²) in [6, 6.07) is -1.20. The van der Waals surface area contributed by atoms with E-state index in [1.807, 2.05) is 0 Å². The van der Waals surface area contributed by atoms with Crippen LogP contribution >= 0.6 is 0 Å². The van der Waals surface area contributed by atoms with Crippen LogP contribution in [0.5, 0.6) is 0 Å². The number of hydrogen-bond donors (Lipinski definition) is 8. The monoisotopic (exact) mass is 1170 g/mol. The first kappa shape index (κ1) is 78.8. The van der Waals surface area contributed by atoms with Gasteiger partial charge in [0, 0.05) is 0 Å². The molecule has 0 saturated carbocycles. The van der Waals surface area contributed by atoms with Gasteiger partial charge in [0.2, 0.25) is 5.91 Å². The smallest absolute Gasteiger partial charge is 0.249 e. The lowest BCUT2D eigenvalue weighted by Crippen LogP contribution is -2.60. The zero-order valence-corrected chi connectivity index (χ0v) is 53.7. The number of amides is 1. The van der Waals surface area contributed by atoms with E-state index in [1.165, 1.54) is 218 Å². The van der Waals surface area contributed by atoms with Crippen molar-refractivity contribution >= 4 is 5.91 Å². The summed E-state index contributed by atoms with van der Waals surface area (Å²) in [5, 5.41) is 76.5. The summed E-state index contributed by atoms with van der Waals surface area (Å²) in [4.78, 5) is 13.2. The van der Waals surface area contributed by atoms with Gasteiger partial charge in [-0.1, -0.05) is 286 Å². The molecule has 1 amide bonds. The maximum absolute atomic E-state index is 13.2. The van der Waals surface area contributed by atoms with Crippen molar-refractivity contribution in [1.29, 1.82) is 0 Å². The van der Waals surface area contributed by atoms with Gasteiger partial charge in [-0.05, 0) is 96.3 Å². The number of hydrogen-bond acceptors (Lipinski definition) is 10. The van der Waals surface area contributed by atoms with Gasteiger partial charge in [0.25, 0.3) is 0 Å². The first-order valence-corrected chi connectivity index (χ1v) is 35.2. The molecule has 1 heterocycles. The lowest BCUT2D eigenvalue weighted by atomic mass is 9.98. The number of rotatable bonds is 61. The molecule has 1 saturated heterocycles. The van der Waals surface area contributed by atoms with E-state index in [0.29, 0.717) is 19.3 Å². The zero-order chi connectivity index (χ0) is 60.3. The van der Waals surface area contributed by atoms with E-state index >= 15 is 0 Å². The van der Waals surface area contributed by atoms with Crippen LogP contribution in [0.4, 0.5) is 0 Å². The van der Waals surface area contributed by atoms with Gasteiger partial charge in [-0.2, -0.15) is 0 Å². The summed E-state index contributed by atoms with van der Waals surface area (Å²) in [7, 11) is 0. The van der Waals surface area contributed by atoms with Crippen molar-refractivity contribution in [3.8, 4) is 0 Å². The fraction of sp³-hybridized carbons (Fsp3) is 0.847. The predicted molar refractivity (Wildman–Crippen MR) is 348 cm³/mol. The molecule has 1 aliphatic heterocycles. The first-order chi connectivity index (χ1) is 40.7. The third-order valence-corrected chi connectivity index (χ3v) is 16.7. The number of ether oxygens (including phenoxy) is 2. The Morgan fingerprint density at radius 2 is 0.759 bits per heavy atom. The second-order valence-electron chi connectivity index (χ2n) is 24.6. The summed E-state index contributed by atoms with van der Waals surface area (Å²) >= 11 is 0. The zero-order valence-electron chi connectivity index (χ0n) is 53.7. The van der Waals surface area contributed by atoms with E-state index in [-0.39, 0.29) is 12.8 Å². The molecule has 1 rings (SSSR count). The van der Waals surface area contributed by atoms with Crippen molar-refractivity contribution in [2.75, 3.05) is 13.2 Å². The average molecular weight is 1170 g/mol. The number of carbonyl (C=O) groups excluding carboxylic acids is 1. The van der Waals surface area contributed by atoms with Gasteiger partial charge in [-0.15, -0.1) is 0 Å². The van der Waals surface area contributed by atoms with Crippen LogP contribution in [0.3, 0.4) is 0 Å². The van der Waals surface area contributed by atoms with Gasteiger partial charge in [0.1, 0.15) is 36.6 Å². The molecule has 0 aromatic heterocycles. The molecule has 0 spiro atoms. The van der Waals surface area contributed by atoms with E-state index in [1.54, 1.807) is 0 Å². The molecule has 1 fully saturated rings. The predicted octanol–water partition coefficient (Wildman–Crippen LogP) is 16.9. The van der Waals surface area contributed by atoms with Gasteiger partial charge >= 0.3 is 0 Å². The van der Waals surface area contributed by atoms with E-state index in [9.17, 15) is 40.5 Å². The van der Waals surface area contributed by atoms with Crippen LogP contribution in [0, 0.1) is 0 Å². The Hall–Kier alpha value is -2.19. The molecule has 0 aromatic rings. The second-order valence-corrected chi connectivity index (χ2v) is 24.6. The Morgan fingerprint density at radius 3 is 1.14 bits per heavy atom. The third-order valence-electron chi connectivity index (χ3n) is 16.7. The first-order valence-electron chi connectivity index (χ1n) is 35.2. The van der Waals surface area contributed by atoms with Crippen molar-refractivity contribution in [2.45, 2.75) is 377 Å². The van der Waals surface area contributed by atoms with Crippen LogP contribution in [0.25, 0.3) is 0 Å². The van der Waals surface area contributed by atoms with E-state index in [4.69, 9.17) is 9.47 Å². The molecule has 8 N–H and O–H groups in total. The van der Waals surface area contributed by atoms with Crippen LogP contribution in [0.2, 0.25) is 0 Å². The van der Waals surface area contributed by atoms with Gasteiger partial charge in [-0.3, -0.25) is 4.79 Å². The standard InChI is InChI=1S/C72H133NO10/c1-3-5-7-9-11-13-15-17-19-21-23-25-27-29-31-32-33-34-36-37-39-41-43-45-47-49-51-53-55-57-59-64(75)67(77)63(62-82-72-70(80)69(79)68(78)66(61-74)83-72)73-71(81)65(76)60-58-56-54-52-50-48-46-44-42-40-38-35-30-28-26-24-22-20-18-16-14-12-10-8-6-4-2/h24,26,30,35-37,43,45,51,53,63-70,72,74-80H,3-23,25,27-29,31-34,38-42,44,46-50,52,54-62H2,1-2H3,(H,73,81)/b26-24-,35-30-,37-36+,45-43+,53-51+. The van der Waals surface area contributed by atoms with E-state index < -0.39 is 74.2 Å². The largest absolute Gasteiger partial charge is 0.394 e. The van der Waals surface area contributed by atoms with Crippen molar-refractivity contribution in [3.63, 3.8) is 0 Å². The Labute approximate surface area is 510 Å². The highest BCUT2D eigenvalue weighted by molar-refractivity contribution is 5.80. The van der Waals surface area contributed by atoms with Gasteiger partial charge < -0.3 is 50.5 Å². The Morgan fingerprint density at radius 1 is 0.422 bits per heavy atom. The topological polar surface area (TPSA) is 189 Å². The van der Waals surface area contributed by atoms with Crippen LogP contribution < -0.4 is 5.32 Å². The molecule has 9 unspecified atom stereocenters. The molecule has 0 bridgehead atoms. The maximum atomic E-state index is 13.2. The Kier molecular flexibility index (Phi) is 57.1. The number of carbonyl (C=O) groups is 1. The minimum Gasteiger partial charge on any atom is -0.394 e. The van der Waals surface area contributed by atoms with Crippen molar-refractivity contribution in [1.82, 2.24) is 5.32 Å². The molecule has 11 heteroatoms. The third kappa shape index (κ3) is 47.5. The number of nitrogens with one attached hydrogen (secondary N) is 1. The van der Waals surface area contributed by atoms with Crippen LogP contribution in [-0.2, 0) is 14.3 Å². The van der Waals surface area contributed by atoms with Gasteiger partial charge in [-0.25, -0.2) is 0 Å². The molecule has 0 aromatic carbocycles. The number of unbranched alkanes of at least 4 members (excludes halogenated alkanes) is 39. The van der Waals surface area contributed by atoms with E-state index in [0.717, 1.165) is 57.8 Å². The Balaban J connectivity index is 2.26. The molecule has 0 aliphatic carbocycles. The highest BCUT2D eigenvalue weighted by Crippen LogP contribution is 2.24. The highest BCUT2D eigenvalue weighted by atomic mass is 16.7. The summed E-state index contributed by atoms with van der Waals surface area (Å²) in [5.74, 6) is -0.713. The molecular formula is C72H133NO10. The lowest BCUT2D eigenvalue weighted by Gasteiger charge is -2.40. The summed E-state index contributed by atoms with van der Waals surface area (Å²) in [6.45, 7) is 3.47. The fourth-order valence-electron chi connectivity index (χ4n) is 11.1. The van der Waals surface area contributed by atoms with Crippen LogP contribution in [0.1, 0.15) is 322 Å². The van der Waals surface area contributed by atoms with Crippen molar-refractivity contribution < 1.29 is 50.0 Å². The van der Waals surface area contributed by atoms with Crippen molar-refractivity contribution in [3.05, 3.63) is 60.8 Å². The quantitative estimate of drug-likeness (QED) is 0.0215. The summed E-state index contributed by atoms with van der Waals surface area (Å²) in [5.41, 5.74) is 0. The minimum atomic E-state index is -1.68. The van der Waals surface area contributed by atoms with E-state index in [2.05, 4.69) is 79.9 Å². The van der Waals surface area contributed by atoms with Gasteiger partial charge in [0.15, 0.2) is 6.29 Å². The van der Waals surface area contributed by atoms with Crippen LogP contribution in [-0.4, -0.2) is 110 Å². The normalized spacial score (nSPS) is 19.4. The molecule has 83 heavy (non-hydrogen) atoms. The van der Waals surface area contributed by atoms with Crippen molar-refractivity contribution in [2.24, 2.45) is 0 Å². The highest BCUT2D eigenvalue weighted by Gasteiger charge is 2.44. The summed E-state index contributed by atoms with van der Waals surface area (Å²) < 4.78 is 11.2. The maximum Gasteiger partial charge on any atom is 0.249 e. The van der Waals surface area contributed by atoms with Crippen LogP contribution in [0.15, 0.2) is 60.8 Å². The molecule has 11 nitrogen and oxygen atoms in total. The SMILES string of the molecule is CCCCCCCCCCC/C=C\C/C=C\CCCCCCCCCCCCC(O)C(=O)NC(COC1OC(CO)C(O)C(O)C1O)C(O)C(O)CCC/C=C/CC/C=C/CC/C=C/CCCCCCCCCCCCCCCCCCC. The fourth-order valence-corrected chi connectivity index (χ4v) is 11.1. The number of allylic oxidation sites excluding steroid dienone is 10. The number of aliphatic hydroxyl groups is 7. The Bertz CT molecular complexity index is 1530. The molecular weight excluding hydrogens is 1040 g/mol. The minimum absolute atomic E-state index is 0.239. The van der Waals surface area contributed by atoms with Gasteiger partial charge in [0.05, 0.1) is 25.4 Å². The number of aliphatic hydroxyl groups excluding tert-OH is 7. The second kappa shape index (κ2) is 60.1. The molecule has 0 radical (unpaired) electrons. The molecule has 1 aliphatic rings. The average Bonchev–Trinajstić information content (AvgIpc) is 3.68. The molecule has 486 valence electrons. The molecule has 9 atom stereocenters. The summed E-state index contributed by atoms with van der Waals surface area (Å²) in [6.07, 6.45) is 68.7.